The van der Waals surface area contributed by atoms with Gasteiger partial charge in [0.25, 0.3) is 0 Å². The fraction of sp³-hybridized carbons (Fsp3) is 0.304. The van der Waals surface area contributed by atoms with E-state index in [1.807, 2.05) is 61.5 Å². The number of carbonyl (C=O) groups is 1. The van der Waals surface area contributed by atoms with Crippen molar-refractivity contribution in [2.45, 2.75) is 18.9 Å². The van der Waals surface area contributed by atoms with Crippen molar-refractivity contribution in [2.75, 3.05) is 37.6 Å². The molecule has 12 heteroatoms. The average molecular weight is 506 g/mol. The van der Waals surface area contributed by atoms with Gasteiger partial charge in [-0.3, -0.25) is 14.8 Å². The number of hydrogen-bond donors (Lipinski definition) is 3. The Labute approximate surface area is 226 Å². The van der Waals surface area contributed by atoms with E-state index >= 15 is 0 Å². The number of rotatable bonds is 9. The Bertz CT molecular complexity index is 1260. The van der Waals surface area contributed by atoms with Crippen LogP contribution < -0.4 is 38.9 Å². The number of hydrogen-bond acceptors (Lipinski definition) is 8. The van der Waals surface area contributed by atoms with Crippen molar-refractivity contribution in [2.24, 2.45) is 0 Å². The van der Waals surface area contributed by atoms with E-state index in [1.54, 1.807) is 4.57 Å². The van der Waals surface area contributed by atoms with E-state index in [0.717, 1.165) is 34.8 Å². The molecule has 0 bridgehead atoms. The molecule has 0 saturated carbocycles. The van der Waals surface area contributed by atoms with E-state index in [2.05, 4.69) is 27.0 Å². The fourth-order valence-corrected chi connectivity index (χ4v) is 4.44. The van der Waals surface area contributed by atoms with Crippen LogP contribution in [0, 0.1) is 16.1 Å². The van der Waals surface area contributed by atoms with Gasteiger partial charge in [0, 0.05) is 36.4 Å². The monoisotopic (exact) mass is 505 g/mol. The van der Waals surface area contributed by atoms with Crippen molar-refractivity contribution in [3.63, 3.8) is 0 Å². The van der Waals surface area contributed by atoms with E-state index < -0.39 is 5.97 Å². The number of nitrogens with zero attached hydrogens (tertiary/aromatic N) is 3. The van der Waals surface area contributed by atoms with E-state index in [4.69, 9.17) is 29.2 Å². The number of H-pyrrole nitrogens is 2. The normalized spacial score (nSPS) is 14.8. The summed E-state index contributed by atoms with van der Waals surface area (Å²) in [5.74, 6) is -0.324. The largest absolute Gasteiger partial charge is 1.00 e. The molecule has 1 aliphatic rings. The van der Waals surface area contributed by atoms with Gasteiger partial charge in [-0.2, -0.15) is 0 Å². The summed E-state index contributed by atoms with van der Waals surface area (Å²) in [5.41, 5.74) is 3.81. The number of anilines is 2. The van der Waals surface area contributed by atoms with Gasteiger partial charge in [0.1, 0.15) is 5.75 Å². The molecule has 0 amide bonds. The van der Waals surface area contributed by atoms with Crippen molar-refractivity contribution in [1.82, 2.24) is 19.7 Å². The Morgan fingerprint density at radius 1 is 1.20 bits per heavy atom. The summed E-state index contributed by atoms with van der Waals surface area (Å²) < 4.78 is 8.70. The summed E-state index contributed by atoms with van der Waals surface area (Å²) in [5, 5.41) is 19.9. The third-order valence-corrected chi connectivity index (χ3v) is 6.23. The number of aromatic nitrogens is 3. The van der Waals surface area contributed by atoms with Gasteiger partial charge >= 0.3 is 18.9 Å². The number of ether oxygens (including phenoxy) is 1. The van der Waals surface area contributed by atoms with Gasteiger partial charge in [-0.25, -0.2) is 0 Å². The minimum absolute atomic E-state index is 0. The molecule has 1 aliphatic heterocycles. The first-order chi connectivity index (χ1) is 16.3. The molecule has 2 heterocycles. The van der Waals surface area contributed by atoms with Crippen LogP contribution in [-0.4, -0.2) is 59.0 Å². The first-order valence-corrected chi connectivity index (χ1v) is 11.6. The summed E-state index contributed by atoms with van der Waals surface area (Å²) in [6, 6.07) is 13.8. The molecule has 1 radical (unpaired) electrons. The Morgan fingerprint density at radius 3 is 2.63 bits per heavy atom. The molecule has 0 saturated heterocycles. The Morgan fingerprint density at radius 2 is 1.94 bits per heavy atom. The van der Waals surface area contributed by atoms with Crippen molar-refractivity contribution in [3.8, 4) is 11.4 Å². The maximum absolute atomic E-state index is 11.0. The molecule has 3 aromatic rings. The van der Waals surface area contributed by atoms with Crippen LogP contribution in [0.1, 0.15) is 12.0 Å². The topological polar surface area (TPSA) is 104 Å². The van der Waals surface area contributed by atoms with E-state index in [1.165, 1.54) is 0 Å². The second-order valence-corrected chi connectivity index (χ2v) is 8.97. The molecule has 0 spiro atoms. The van der Waals surface area contributed by atoms with Gasteiger partial charge in [0.15, 0.2) is 16.3 Å². The summed E-state index contributed by atoms with van der Waals surface area (Å²) >= 11 is 10.6. The van der Waals surface area contributed by atoms with Gasteiger partial charge < -0.3 is 29.8 Å². The minimum Gasteiger partial charge on any atom is -0.550 e. The van der Waals surface area contributed by atoms with Gasteiger partial charge in [-0.15, -0.1) is 0 Å². The van der Waals surface area contributed by atoms with Gasteiger partial charge in [-0.1, -0.05) is 6.07 Å². The standard InChI is InChI=1S/C23H27N6O3S2.Li/c1-27(2)18-10-15-11-19(6-7-20(15)28(13-18)9-8-21(30)31)32-14-24-16-4-3-5-17(12-16)29-22(33)25-26-23(29)34;/h3-7,11-13,18,24H,8-10,14H2,1-2H3,(H,25,33)(H,26,34)(H,30,31);/q;+1/p-1. The SMILES string of the molecule is CN(C)C1[CH]N(CCC(=O)[O-])c2ccc(OCNc3cccc(-n4c(=S)[nH][nH]c4=S)c3)cc2C1.[Li+]. The molecule has 9 nitrogen and oxygen atoms in total. The summed E-state index contributed by atoms with van der Waals surface area (Å²) in [6.07, 6.45) is 0.783. The van der Waals surface area contributed by atoms with Crippen LogP contribution >= 0.6 is 24.4 Å². The molecule has 0 aliphatic carbocycles. The Kier molecular flexibility index (Phi) is 9.21. The zero-order chi connectivity index (χ0) is 24.2. The van der Waals surface area contributed by atoms with Crippen LogP contribution in [-0.2, 0) is 11.2 Å². The zero-order valence-corrected chi connectivity index (χ0v) is 21.5. The molecule has 2 aromatic carbocycles. The fourth-order valence-electron chi connectivity index (χ4n) is 3.89. The minimum atomic E-state index is -1.06. The number of carbonyl (C=O) groups excluding carboxylic acids is 1. The second kappa shape index (κ2) is 11.9. The molecule has 1 atom stereocenters. The van der Waals surface area contributed by atoms with Crippen molar-refractivity contribution in [1.29, 1.82) is 0 Å². The molecule has 35 heavy (non-hydrogen) atoms. The molecule has 179 valence electrons. The van der Waals surface area contributed by atoms with Crippen LogP contribution in [0.5, 0.6) is 5.75 Å². The molecule has 4 rings (SSSR count). The number of likely N-dealkylation sites (N-methyl/N-ethyl adjacent to an activating group) is 1. The van der Waals surface area contributed by atoms with E-state index in [-0.39, 0.29) is 38.1 Å². The van der Waals surface area contributed by atoms with Crippen LogP contribution in [0.4, 0.5) is 11.4 Å². The van der Waals surface area contributed by atoms with Crippen LogP contribution in [0.25, 0.3) is 5.69 Å². The number of aromatic amines is 2. The van der Waals surface area contributed by atoms with Crippen molar-refractivity contribution < 1.29 is 33.5 Å². The number of aliphatic carboxylic acids is 1. The second-order valence-electron chi connectivity index (χ2n) is 8.20. The molecular weight excluding hydrogens is 479 g/mol. The first-order valence-electron chi connectivity index (χ1n) is 10.8. The van der Waals surface area contributed by atoms with Crippen molar-refractivity contribution >= 4 is 41.8 Å². The van der Waals surface area contributed by atoms with Crippen LogP contribution in [0.15, 0.2) is 42.5 Å². The number of benzene rings is 2. The summed E-state index contributed by atoms with van der Waals surface area (Å²) in [7, 11) is 4.02. The molecule has 1 aromatic heterocycles. The van der Waals surface area contributed by atoms with Gasteiger partial charge in [0.2, 0.25) is 0 Å². The number of nitrogens with one attached hydrogen (secondary N) is 3. The molecule has 1 unspecified atom stereocenters. The number of fused-ring (bicyclic) bond motifs is 1. The quantitative estimate of drug-likeness (QED) is 0.206. The predicted molar refractivity (Wildman–Crippen MR) is 134 cm³/mol. The average Bonchev–Trinajstić information content (AvgIpc) is 3.15. The van der Waals surface area contributed by atoms with E-state index in [0.29, 0.717) is 16.1 Å². The Hall–Kier alpha value is -2.55. The van der Waals surface area contributed by atoms with Crippen LogP contribution in [0.3, 0.4) is 0 Å². The summed E-state index contributed by atoms with van der Waals surface area (Å²) in [6.45, 7) is 2.71. The molecular formula is C23H26LiN6O3S2. The van der Waals surface area contributed by atoms with E-state index in [9.17, 15) is 9.90 Å². The molecule has 0 fully saturated rings. The first kappa shape index (κ1) is 27.0. The Balaban J connectivity index is 0.00000342. The third kappa shape index (κ3) is 6.57. The van der Waals surface area contributed by atoms with Gasteiger partial charge in [-0.05, 0) is 86.9 Å². The third-order valence-electron chi connectivity index (χ3n) is 5.66. The zero-order valence-electron chi connectivity index (χ0n) is 19.9. The predicted octanol–water partition coefficient (Wildman–Crippen LogP) is -0.361. The summed E-state index contributed by atoms with van der Waals surface area (Å²) in [4.78, 5) is 15.1. The maximum atomic E-state index is 11.0. The van der Waals surface area contributed by atoms with Crippen LogP contribution in [0.2, 0.25) is 0 Å². The maximum Gasteiger partial charge on any atom is 1.00 e. The number of carboxylic acids is 1. The van der Waals surface area contributed by atoms with Gasteiger partial charge in [0.05, 0.1) is 12.2 Å². The smallest absolute Gasteiger partial charge is 0.550 e. The molecule has 3 N–H and O–H groups in total. The number of carboxylic acid groups (broad SMARTS) is 1. The van der Waals surface area contributed by atoms with Crippen molar-refractivity contribution in [3.05, 3.63) is 64.1 Å².